The molecular formula is C26H37N3. The van der Waals surface area contributed by atoms with E-state index in [9.17, 15) is 0 Å². The van der Waals surface area contributed by atoms with Gasteiger partial charge in [-0.15, -0.1) is 0 Å². The van der Waals surface area contributed by atoms with Crippen LogP contribution in [0.2, 0.25) is 0 Å². The van der Waals surface area contributed by atoms with E-state index in [4.69, 9.17) is 0 Å². The lowest BCUT2D eigenvalue weighted by Gasteiger charge is -2.57. The van der Waals surface area contributed by atoms with Crippen molar-refractivity contribution >= 4 is 10.9 Å². The van der Waals surface area contributed by atoms with Crippen LogP contribution in [0.1, 0.15) is 88.1 Å². The maximum absolute atomic E-state index is 4.04. The molecule has 1 saturated carbocycles. The number of aromatic nitrogens is 1. The van der Waals surface area contributed by atoms with E-state index in [1.807, 2.05) is 0 Å². The van der Waals surface area contributed by atoms with Crippen LogP contribution in [0.3, 0.4) is 0 Å². The Kier molecular flexibility index (Phi) is 4.54. The van der Waals surface area contributed by atoms with Crippen LogP contribution in [0.25, 0.3) is 10.9 Å². The minimum Gasteiger partial charge on any atom is -0.338 e. The number of nitrogens with zero attached hydrogens (tertiary/aromatic N) is 2. The highest BCUT2D eigenvalue weighted by molar-refractivity contribution is 5.86. The van der Waals surface area contributed by atoms with Crippen molar-refractivity contribution in [2.45, 2.75) is 89.3 Å². The molecule has 6 rings (SSSR count). The third-order valence-electron chi connectivity index (χ3n) is 8.99. The quantitative estimate of drug-likeness (QED) is 0.732. The van der Waals surface area contributed by atoms with E-state index in [0.717, 1.165) is 12.6 Å². The predicted octanol–water partition coefficient (Wildman–Crippen LogP) is 5.60. The Balaban J connectivity index is 1.45. The summed E-state index contributed by atoms with van der Waals surface area (Å²) in [7, 11) is 0. The van der Waals surface area contributed by atoms with Crippen LogP contribution in [0.15, 0.2) is 24.3 Å². The zero-order valence-corrected chi connectivity index (χ0v) is 18.1. The smallest absolute Gasteiger partial charge is 0.0561 e. The van der Waals surface area contributed by atoms with Gasteiger partial charge in [0.2, 0.25) is 0 Å². The van der Waals surface area contributed by atoms with Gasteiger partial charge in [0.05, 0.1) is 6.04 Å². The fraction of sp³-hybridized carbons (Fsp3) is 0.692. The van der Waals surface area contributed by atoms with Crippen molar-refractivity contribution in [2.24, 2.45) is 5.41 Å². The van der Waals surface area contributed by atoms with Gasteiger partial charge in [-0.25, -0.2) is 0 Å². The van der Waals surface area contributed by atoms with E-state index in [-0.39, 0.29) is 0 Å². The second-order valence-electron chi connectivity index (χ2n) is 10.4. The highest BCUT2D eigenvalue weighted by Crippen LogP contribution is 2.59. The molecule has 4 aliphatic rings. The Labute approximate surface area is 175 Å². The zero-order valence-electron chi connectivity index (χ0n) is 18.1. The van der Waals surface area contributed by atoms with Crippen molar-refractivity contribution in [2.75, 3.05) is 19.6 Å². The molecule has 1 aromatic carbocycles. The van der Waals surface area contributed by atoms with Gasteiger partial charge in [-0.2, -0.15) is 0 Å². The highest BCUT2D eigenvalue weighted by atomic mass is 15.2. The summed E-state index contributed by atoms with van der Waals surface area (Å²) in [5.74, 6) is 0. The molecule has 3 heteroatoms. The normalized spacial score (nSPS) is 32.4. The molecule has 0 radical (unpaired) electrons. The maximum atomic E-state index is 4.04. The summed E-state index contributed by atoms with van der Waals surface area (Å²) < 4.78 is 2.82. The maximum Gasteiger partial charge on any atom is 0.0561 e. The lowest BCUT2D eigenvalue weighted by molar-refractivity contribution is -0.0358. The molecule has 0 bridgehead atoms. The molecule has 1 aliphatic carbocycles. The van der Waals surface area contributed by atoms with Crippen LogP contribution >= 0.6 is 0 Å². The predicted molar refractivity (Wildman–Crippen MR) is 120 cm³/mol. The van der Waals surface area contributed by atoms with Gasteiger partial charge >= 0.3 is 0 Å². The third kappa shape index (κ3) is 2.76. The van der Waals surface area contributed by atoms with E-state index in [1.165, 1.54) is 82.8 Å². The minimum absolute atomic E-state index is 0.483. The number of rotatable bonds is 4. The van der Waals surface area contributed by atoms with Crippen LogP contribution in [-0.4, -0.2) is 35.1 Å². The summed E-state index contributed by atoms with van der Waals surface area (Å²) in [6.07, 6.45) is 13.8. The average Bonchev–Trinajstić information content (AvgIpc) is 3.13. The Bertz CT molecular complexity index is 893. The highest BCUT2D eigenvalue weighted by Gasteiger charge is 2.52. The van der Waals surface area contributed by atoms with Crippen LogP contribution in [0.4, 0.5) is 0 Å². The Hall–Kier alpha value is -1.32. The number of benzene rings is 1. The molecule has 3 atom stereocenters. The van der Waals surface area contributed by atoms with Crippen molar-refractivity contribution in [1.29, 1.82) is 0 Å². The van der Waals surface area contributed by atoms with Crippen molar-refractivity contribution in [1.82, 2.24) is 14.8 Å². The molecule has 1 N–H and O–H groups in total. The molecule has 4 heterocycles. The van der Waals surface area contributed by atoms with Gasteiger partial charge in [0.15, 0.2) is 0 Å². The summed E-state index contributed by atoms with van der Waals surface area (Å²) in [6, 6.07) is 11.3. The van der Waals surface area contributed by atoms with Crippen molar-refractivity contribution in [3.8, 4) is 0 Å². The first kappa shape index (κ1) is 18.4. The summed E-state index contributed by atoms with van der Waals surface area (Å²) in [5, 5.41) is 5.58. The molecule has 3 aliphatic heterocycles. The van der Waals surface area contributed by atoms with Crippen molar-refractivity contribution < 1.29 is 0 Å². The van der Waals surface area contributed by atoms with Crippen molar-refractivity contribution in [3.05, 3.63) is 35.5 Å². The molecule has 0 amide bonds. The Morgan fingerprint density at radius 2 is 1.93 bits per heavy atom. The molecule has 2 aromatic rings. The van der Waals surface area contributed by atoms with Gasteiger partial charge in [-0.05, 0) is 68.5 Å². The number of piperidine rings is 1. The van der Waals surface area contributed by atoms with E-state index in [1.54, 1.807) is 16.6 Å². The number of nitrogens with one attached hydrogen (secondary N) is 1. The molecule has 2 fully saturated rings. The molecule has 1 aromatic heterocycles. The van der Waals surface area contributed by atoms with Crippen LogP contribution in [-0.2, 0) is 6.42 Å². The molecule has 3 nitrogen and oxygen atoms in total. The van der Waals surface area contributed by atoms with Crippen LogP contribution < -0.4 is 5.32 Å². The van der Waals surface area contributed by atoms with E-state index >= 15 is 0 Å². The zero-order chi connectivity index (χ0) is 19.4. The molecular weight excluding hydrogens is 354 g/mol. The molecule has 1 saturated heterocycles. The second-order valence-corrected chi connectivity index (χ2v) is 10.4. The fourth-order valence-electron chi connectivity index (χ4n) is 7.61. The first-order valence-corrected chi connectivity index (χ1v) is 12.4. The monoisotopic (exact) mass is 391 g/mol. The van der Waals surface area contributed by atoms with Crippen LogP contribution in [0.5, 0.6) is 0 Å². The van der Waals surface area contributed by atoms with Crippen LogP contribution in [0, 0.1) is 5.41 Å². The summed E-state index contributed by atoms with van der Waals surface area (Å²) in [4.78, 5) is 2.86. The largest absolute Gasteiger partial charge is 0.338 e. The van der Waals surface area contributed by atoms with Gasteiger partial charge < -0.3 is 9.88 Å². The minimum atomic E-state index is 0.483. The molecule has 0 spiro atoms. The first-order valence-electron chi connectivity index (χ1n) is 12.4. The van der Waals surface area contributed by atoms with Gasteiger partial charge in [-0.3, -0.25) is 4.90 Å². The average molecular weight is 392 g/mol. The topological polar surface area (TPSA) is 20.2 Å². The summed E-state index contributed by atoms with van der Waals surface area (Å²) >= 11 is 0. The summed E-state index contributed by atoms with van der Waals surface area (Å²) in [6.45, 7) is 6.20. The molecule has 29 heavy (non-hydrogen) atoms. The number of hydrogen-bond acceptors (Lipinski definition) is 2. The SMILES string of the molecule is CC[C@]12CCCN3CCc4c(n(c5ccccc45)C(CNC4CCCCC4)C1)[C@@H]32. The van der Waals surface area contributed by atoms with E-state index < -0.39 is 0 Å². The number of fused-ring (bicyclic) bond motifs is 3. The lowest BCUT2D eigenvalue weighted by Crippen LogP contribution is -2.54. The Morgan fingerprint density at radius 3 is 2.79 bits per heavy atom. The number of hydrogen-bond donors (Lipinski definition) is 1. The standard InChI is InChI=1S/C26H37N3/c1-2-26-14-8-15-28-16-13-22-21-11-6-7-12-23(21)29(24(22)25(26)28)20(17-26)18-27-19-9-4-3-5-10-19/h6-7,11-12,19-20,25,27H,2-5,8-10,13-18H2,1H3/t20?,25-,26+/m1/s1. The lowest BCUT2D eigenvalue weighted by atomic mass is 9.63. The number of para-hydroxylation sites is 1. The van der Waals surface area contributed by atoms with Gasteiger partial charge in [0, 0.05) is 41.8 Å². The first-order chi connectivity index (χ1) is 14.3. The van der Waals surface area contributed by atoms with E-state index in [0.29, 0.717) is 17.5 Å². The van der Waals surface area contributed by atoms with Gasteiger partial charge in [-0.1, -0.05) is 44.4 Å². The van der Waals surface area contributed by atoms with Crippen molar-refractivity contribution in [3.63, 3.8) is 0 Å². The van der Waals surface area contributed by atoms with Gasteiger partial charge in [0.1, 0.15) is 0 Å². The van der Waals surface area contributed by atoms with E-state index in [2.05, 4.69) is 46.0 Å². The van der Waals surface area contributed by atoms with Gasteiger partial charge in [0.25, 0.3) is 0 Å². The molecule has 156 valence electrons. The Morgan fingerprint density at radius 1 is 1.07 bits per heavy atom. The third-order valence-corrected chi connectivity index (χ3v) is 8.99. The fourth-order valence-corrected chi connectivity index (χ4v) is 7.61. The molecule has 1 unspecified atom stereocenters. The summed E-state index contributed by atoms with van der Waals surface area (Å²) in [5.41, 5.74) is 5.38. The second kappa shape index (κ2) is 7.13.